The van der Waals surface area contributed by atoms with Crippen LogP contribution in [0.3, 0.4) is 0 Å². The predicted octanol–water partition coefficient (Wildman–Crippen LogP) is 2.60. The first-order valence-electron chi connectivity index (χ1n) is 7.01. The van der Waals surface area contributed by atoms with E-state index in [1.165, 1.54) is 10.8 Å². The Morgan fingerprint density at radius 2 is 2.36 bits per heavy atom. The van der Waals surface area contributed by atoms with Gasteiger partial charge in [-0.05, 0) is 37.2 Å². The zero-order valence-electron chi connectivity index (χ0n) is 12.5. The molecule has 0 radical (unpaired) electrons. The van der Waals surface area contributed by atoms with Gasteiger partial charge in [-0.15, -0.1) is 0 Å². The highest BCUT2D eigenvalue weighted by Gasteiger charge is 2.14. The molecule has 6 nitrogen and oxygen atoms in total. The van der Waals surface area contributed by atoms with Crippen LogP contribution >= 0.6 is 12.2 Å². The minimum atomic E-state index is -0.447. The standard InChI is InChI=1S/C15H18N4O2S/c1-3-10(2)19-14(21)12(13(20)18-15(19)22)9-17-8-11-5-4-6-16-7-11/h4-7,9-10,21H,3,8H2,1-2H3,(H,18,20,22). The van der Waals surface area contributed by atoms with Gasteiger partial charge in [0.15, 0.2) is 4.77 Å². The second kappa shape index (κ2) is 7.13. The van der Waals surface area contributed by atoms with Gasteiger partial charge in [-0.3, -0.25) is 24.3 Å². The minimum absolute atomic E-state index is 0.0187. The molecule has 0 bridgehead atoms. The van der Waals surface area contributed by atoms with Crippen LogP contribution in [-0.4, -0.2) is 25.9 Å². The number of H-pyrrole nitrogens is 1. The molecule has 2 aromatic heterocycles. The van der Waals surface area contributed by atoms with Crippen LogP contribution in [0.2, 0.25) is 0 Å². The van der Waals surface area contributed by atoms with Gasteiger partial charge in [0.1, 0.15) is 5.56 Å². The van der Waals surface area contributed by atoms with Crippen LogP contribution in [0.5, 0.6) is 5.88 Å². The molecule has 1 atom stereocenters. The van der Waals surface area contributed by atoms with E-state index in [4.69, 9.17) is 12.2 Å². The number of pyridine rings is 1. The summed E-state index contributed by atoms with van der Waals surface area (Å²) in [5.41, 5.74) is 0.583. The molecular weight excluding hydrogens is 300 g/mol. The number of aromatic nitrogens is 3. The van der Waals surface area contributed by atoms with Crippen LogP contribution in [0.4, 0.5) is 0 Å². The van der Waals surface area contributed by atoms with E-state index in [1.54, 1.807) is 12.4 Å². The highest BCUT2D eigenvalue weighted by atomic mass is 32.1. The number of nitrogens with zero attached hydrogens (tertiary/aromatic N) is 3. The summed E-state index contributed by atoms with van der Waals surface area (Å²) < 4.78 is 1.74. The first-order valence-corrected chi connectivity index (χ1v) is 7.42. The Bertz CT molecular complexity index is 780. The molecule has 1 unspecified atom stereocenters. The number of nitrogens with one attached hydrogen (secondary N) is 1. The van der Waals surface area contributed by atoms with E-state index in [0.717, 1.165) is 12.0 Å². The molecule has 0 aliphatic heterocycles. The summed E-state index contributed by atoms with van der Waals surface area (Å²) in [6.07, 6.45) is 5.53. The van der Waals surface area contributed by atoms with Crippen molar-refractivity contribution in [1.82, 2.24) is 14.5 Å². The van der Waals surface area contributed by atoms with Gasteiger partial charge in [0.05, 0.1) is 6.54 Å². The Kier molecular flexibility index (Phi) is 5.21. The van der Waals surface area contributed by atoms with E-state index in [-0.39, 0.29) is 22.3 Å². The maximum Gasteiger partial charge on any atom is 0.264 e. The highest BCUT2D eigenvalue weighted by Crippen LogP contribution is 2.20. The number of hydrogen-bond acceptors (Lipinski definition) is 5. The molecule has 2 N–H and O–H groups in total. The summed E-state index contributed by atoms with van der Waals surface area (Å²) in [6.45, 7) is 4.28. The lowest BCUT2D eigenvalue weighted by atomic mass is 10.2. The van der Waals surface area contributed by atoms with Crippen molar-refractivity contribution < 1.29 is 5.11 Å². The molecule has 0 amide bonds. The highest BCUT2D eigenvalue weighted by molar-refractivity contribution is 7.71. The van der Waals surface area contributed by atoms with Crippen LogP contribution < -0.4 is 5.56 Å². The van der Waals surface area contributed by atoms with Crippen LogP contribution in [-0.2, 0) is 6.54 Å². The molecule has 0 spiro atoms. The van der Waals surface area contributed by atoms with Gasteiger partial charge in [-0.25, -0.2) is 0 Å². The Morgan fingerprint density at radius 1 is 1.59 bits per heavy atom. The maximum absolute atomic E-state index is 12.0. The molecule has 0 saturated carbocycles. The van der Waals surface area contributed by atoms with Gasteiger partial charge in [-0.1, -0.05) is 13.0 Å². The molecule has 116 valence electrons. The summed E-state index contributed by atoms with van der Waals surface area (Å²) >= 11 is 5.11. The molecular formula is C15H18N4O2S. The lowest BCUT2D eigenvalue weighted by Gasteiger charge is -2.16. The van der Waals surface area contributed by atoms with Crippen molar-refractivity contribution in [2.75, 3.05) is 0 Å². The zero-order chi connectivity index (χ0) is 16.1. The van der Waals surface area contributed by atoms with Crippen LogP contribution in [0, 0.1) is 4.77 Å². The van der Waals surface area contributed by atoms with Gasteiger partial charge in [-0.2, -0.15) is 0 Å². The Morgan fingerprint density at radius 3 is 3.00 bits per heavy atom. The van der Waals surface area contributed by atoms with Crippen LogP contribution in [0.25, 0.3) is 0 Å². The summed E-state index contributed by atoms with van der Waals surface area (Å²) in [4.78, 5) is 22.7. The van der Waals surface area contributed by atoms with Gasteiger partial charge in [0, 0.05) is 24.7 Å². The van der Waals surface area contributed by atoms with Gasteiger partial charge < -0.3 is 5.11 Å². The van der Waals surface area contributed by atoms with Crippen molar-refractivity contribution in [3.05, 3.63) is 50.8 Å². The number of aliphatic imine (C=N–C) groups is 1. The summed E-state index contributed by atoms with van der Waals surface area (Å²) in [5, 5.41) is 10.3. The number of aromatic hydroxyl groups is 1. The van der Waals surface area contributed by atoms with Crippen molar-refractivity contribution >= 4 is 18.4 Å². The largest absolute Gasteiger partial charge is 0.494 e. The van der Waals surface area contributed by atoms with Crippen molar-refractivity contribution in [1.29, 1.82) is 0 Å². The zero-order valence-corrected chi connectivity index (χ0v) is 13.3. The summed E-state index contributed by atoms with van der Waals surface area (Å²) in [7, 11) is 0. The Hall–Kier alpha value is -2.28. The van der Waals surface area contributed by atoms with Crippen molar-refractivity contribution in [2.45, 2.75) is 32.9 Å². The third-order valence-electron chi connectivity index (χ3n) is 3.40. The average molecular weight is 318 g/mol. The van der Waals surface area contributed by atoms with Gasteiger partial charge in [0.2, 0.25) is 5.88 Å². The van der Waals surface area contributed by atoms with E-state index >= 15 is 0 Å². The molecule has 7 heteroatoms. The molecule has 0 saturated heterocycles. The van der Waals surface area contributed by atoms with Gasteiger partial charge >= 0.3 is 0 Å². The smallest absolute Gasteiger partial charge is 0.264 e. The molecule has 2 aromatic rings. The topological polar surface area (TPSA) is 83.3 Å². The normalized spacial score (nSPS) is 12.6. The summed E-state index contributed by atoms with van der Waals surface area (Å²) in [6, 6.07) is 3.69. The molecule has 0 aliphatic rings. The summed E-state index contributed by atoms with van der Waals surface area (Å²) in [5.74, 6) is -0.155. The molecule has 22 heavy (non-hydrogen) atoms. The van der Waals surface area contributed by atoms with E-state index in [2.05, 4.69) is 15.0 Å². The maximum atomic E-state index is 12.0. The Balaban J connectivity index is 2.35. The van der Waals surface area contributed by atoms with E-state index < -0.39 is 5.56 Å². The lowest BCUT2D eigenvalue weighted by molar-refractivity contribution is 0.371. The third kappa shape index (κ3) is 3.48. The molecule has 0 aromatic carbocycles. The second-order valence-electron chi connectivity index (χ2n) is 4.95. The van der Waals surface area contributed by atoms with Crippen LogP contribution in [0.1, 0.15) is 37.4 Å². The quantitative estimate of drug-likeness (QED) is 0.655. The van der Waals surface area contributed by atoms with Crippen LogP contribution in [0.15, 0.2) is 34.3 Å². The van der Waals surface area contributed by atoms with Crippen molar-refractivity contribution in [3.63, 3.8) is 0 Å². The molecule has 0 fully saturated rings. The fourth-order valence-electron chi connectivity index (χ4n) is 1.99. The monoisotopic (exact) mass is 318 g/mol. The van der Waals surface area contributed by atoms with E-state index in [1.807, 2.05) is 26.0 Å². The first kappa shape index (κ1) is 16.1. The third-order valence-corrected chi connectivity index (χ3v) is 3.70. The van der Waals surface area contributed by atoms with Crippen molar-refractivity contribution in [2.24, 2.45) is 4.99 Å². The fraction of sp³-hybridized carbons (Fsp3) is 0.333. The number of hydrogen-bond donors (Lipinski definition) is 2. The lowest BCUT2D eigenvalue weighted by Crippen LogP contribution is -2.20. The molecule has 2 rings (SSSR count). The SMILES string of the molecule is CCC(C)n1c(O)c(C=NCc2cccnc2)c(=O)[nH]c1=S. The van der Waals surface area contributed by atoms with E-state index in [9.17, 15) is 9.90 Å². The molecule has 2 heterocycles. The number of aromatic amines is 1. The Labute approximate surface area is 133 Å². The van der Waals surface area contributed by atoms with E-state index in [0.29, 0.717) is 6.54 Å². The number of rotatable bonds is 5. The fourth-order valence-corrected chi connectivity index (χ4v) is 2.35. The average Bonchev–Trinajstić information content (AvgIpc) is 2.51. The predicted molar refractivity (Wildman–Crippen MR) is 88.1 cm³/mol. The first-order chi connectivity index (χ1) is 10.5. The van der Waals surface area contributed by atoms with Crippen molar-refractivity contribution in [3.8, 4) is 5.88 Å². The van der Waals surface area contributed by atoms with Gasteiger partial charge in [0.25, 0.3) is 5.56 Å². The molecule has 0 aliphatic carbocycles. The second-order valence-corrected chi connectivity index (χ2v) is 5.34. The minimum Gasteiger partial charge on any atom is -0.494 e.